The Morgan fingerprint density at radius 3 is 2.96 bits per heavy atom. The molecule has 1 aliphatic rings. The highest BCUT2D eigenvalue weighted by Gasteiger charge is 2.25. The number of hydrogen-bond donors (Lipinski definition) is 2. The van der Waals surface area contributed by atoms with Crippen molar-refractivity contribution in [3.8, 4) is 0 Å². The number of para-hydroxylation sites is 1. The molecule has 0 saturated carbocycles. The lowest BCUT2D eigenvalue weighted by Gasteiger charge is -2.14. The van der Waals surface area contributed by atoms with Crippen molar-refractivity contribution >= 4 is 44.3 Å². The molecule has 0 aliphatic heterocycles. The molecule has 1 heterocycles. The molecule has 2 N–H and O–H groups in total. The zero-order valence-electron chi connectivity index (χ0n) is 12.2. The zero-order valence-corrected chi connectivity index (χ0v) is 13.7. The fourth-order valence-corrected chi connectivity index (χ4v) is 4.11. The van der Waals surface area contributed by atoms with Gasteiger partial charge in [-0.3, -0.25) is 5.32 Å². The molecule has 116 valence electrons. The summed E-state index contributed by atoms with van der Waals surface area (Å²) in [6.45, 7) is 0. The number of carbonyl (C=O) groups is 1. The minimum Gasteiger partial charge on any atom is -0.331 e. The van der Waals surface area contributed by atoms with Crippen molar-refractivity contribution in [1.29, 1.82) is 0 Å². The molecule has 0 spiro atoms. The molecule has 1 aromatic heterocycles. The van der Waals surface area contributed by atoms with Gasteiger partial charge in [0, 0.05) is 5.02 Å². The number of amides is 2. The normalized spacial score (nSPS) is 16.3. The second-order valence-electron chi connectivity index (χ2n) is 5.48. The van der Waals surface area contributed by atoms with Gasteiger partial charge in [-0.15, -0.1) is 0 Å². The number of carbonyl (C=O) groups excluding carboxylic acids is 1. The molecule has 4 rings (SSSR count). The molecule has 1 aliphatic carbocycles. The van der Waals surface area contributed by atoms with Gasteiger partial charge in [-0.05, 0) is 42.2 Å². The second-order valence-corrected chi connectivity index (χ2v) is 6.92. The molecular formula is C17H14ClN3OS. The van der Waals surface area contributed by atoms with Crippen molar-refractivity contribution in [2.75, 3.05) is 5.32 Å². The van der Waals surface area contributed by atoms with E-state index >= 15 is 0 Å². The van der Waals surface area contributed by atoms with Crippen LogP contribution in [0.25, 0.3) is 10.2 Å². The molecular weight excluding hydrogens is 330 g/mol. The number of hydrogen-bond acceptors (Lipinski definition) is 3. The van der Waals surface area contributed by atoms with Crippen LogP contribution in [-0.2, 0) is 6.42 Å². The number of nitrogens with zero attached hydrogens (tertiary/aromatic N) is 1. The number of rotatable bonds is 2. The lowest BCUT2D eigenvalue weighted by molar-refractivity contribution is 0.248. The first-order valence-corrected chi connectivity index (χ1v) is 8.60. The lowest BCUT2D eigenvalue weighted by Crippen LogP contribution is -2.31. The zero-order chi connectivity index (χ0) is 15.8. The van der Waals surface area contributed by atoms with Crippen LogP contribution < -0.4 is 10.6 Å². The summed E-state index contributed by atoms with van der Waals surface area (Å²) in [4.78, 5) is 16.7. The Labute approximate surface area is 142 Å². The summed E-state index contributed by atoms with van der Waals surface area (Å²) in [5.41, 5.74) is 3.14. The van der Waals surface area contributed by atoms with Crippen molar-refractivity contribution in [1.82, 2.24) is 10.3 Å². The molecule has 0 bridgehead atoms. The number of nitrogens with one attached hydrogen (secondary N) is 2. The van der Waals surface area contributed by atoms with Crippen LogP contribution >= 0.6 is 22.9 Å². The van der Waals surface area contributed by atoms with Crippen LogP contribution in [0.5, 0.6) is 0 Å². The smallest absolute Gasteiger partial charge is 0.321 e. The van der Waals surface area contributed by atoms with Crippen LogP contribution in [0.1, 0.15) is 23.6 Å². The topological polar surface area (TPSA) is 54.0 Å². The van der Waals surface area contributed by atoms with Gasteiger partial charge < -0.3 is 5.32 Å². The average molecular weight is 344 g/mol. The van der Waals surface area contributed by atoms with Gasteiger partial charge in [0.15, 0.2) is 5.13 Å². The van der Waals surface area contributed by atoms with Crippen LogP contribution in [0.3, 0.4) is 0 Å². The van der Waals surface area contributed by atoms with E-state index in [2.05, 4.69) is 15.6 Å². The number of thiazole rings is 1. The summed E-state index contributed by atoms with van der Waals surface area (Å²) in [5.74, 6) is 0. The second kappa shape index (κ2) is 5.83. The Hall–Kier alpha value is -2.11. The standard InChI is InChI=1S/C17H14ClN3OS/c18-12-5-3-4-11-10(12)8-9-13(11)19-16(22)21-17-20-14-6-1-2-7-15(14)23-17/h1-7,13H,8-9H2,(H2,19,20,21,22)/t13-/m1/s1. The molecule has 1 atom stereocenters. The van der Waals surface area contributed by atoms with Crippen molar-refractivity contribution in [3.63, 3.8) is 0 Å². The maximum absolute atomic E-state index is 12.3. The molecule has 0 fully saturated rings. The molecule has 6 heteroatoms. The van der Waals surface area contributed by atoms with E-state index in [0.717, 1.165) is 39.2 Å². The molecule has 2 aromatic carbocycles. The van der Waals surface area contributed by atoms with Gasteiger partial charge in [0.1, 0.15) is 0 Å². The third kappa shape index (κ3) is 2.78. The third-order valence-corrected chi connectivity index (χ3v) is 5.34. The molecule has 3 aromatic rings. The first-order valence-electron chi connectivity index (χ1n) is 7.41. The number of halogens is 1. The third-order valence-electron chi connectivity index (χ3n) is 4.03. The SMILES string of the molecule is O=C(Nc1nc2ccccc2s1)N[C@@H]1CCc2c(Cl)cccc21. The summed E-state index contributed by atoms with van der Waals surface area (Å²) < 4.78 is 1.06. The van der Waals surface area contributed by atoms with E-state index in [9.17, 15) is 4.79 Å². The molecule has 2 amide bonds. The summed E-state index contributed by atoms with van der Waals surface area (Å²) in [5, 5.41) is 7.22. The Kier molecular flexibility index (Phi) is 3.67. The number of fused-ring (bicyclic) bond motifs is 2. The maximum Gasteiger partial charge on any atom is 0.321 e. The number of anilines is 1. The van der Waals surface area contributed by atoms with Crippen molar-refractivity contribution < 1.29 is 4.79 Å². The average Bonchev–Trinajstić information content (AvgIpc) is 3.12. The number of benzene rings is 2. The van der Waals surface area contributed by atoms with Gasteiger partial charge in [0.2, 0.25) is 0 Å². The predicted molar refractivity (Wildman–Crippen MR) is 94.3 cm³/mol. The Bertz CT molecular complexity index is 859. The minimum absolute atomic E-state index is 0.00178. The van der Waals surface area contributed by atoms with Crippen LogP contribution in [0.2, 0.25) is 5.02 Å². The largest absolute Gasteiger partial charge is 0.331 e. The Morgan fingerprint density at radius 1 is 1.22 bits per heavy atom. The fourth-order valence-electron chi connectivity index (χ4n) is 2.98. The van der Waals surface area contributed by atoms with Crippen molar-refractivity contribution in [2.24, 2.45) is 0 Å². The van der Waals surface area contributed by atoms with E-state index in [1.165, 1.54) is 11.3 Å². The molecule has 0 unspecified atom stereocenters. The number of urea groups is 1. The number of aromatic nitrogens is 1. The first-order chi connectivity index (χ1) is 11.2. The van der Waals surface area contributed by atoms with Gasteiger partial charge in [0.05, 0.1) is 16.3 Å². The van der Waals surface area contributed by atoms with Crippen LogP contribution in [0, 0.1) is 0 Å². The van der Waals surface area contributed by atoms with E-state index < -0.39 is 0 Å². The first kappa shape index (κ1) is 14.5. The Balaban J connectivity index is 1.48. The van der Waals surface area contributed by atoms with Crippen LogP contribution in [0.15, 0.2) is 42.5 Å². The van der Waals surface area contributed by atoms with Gasteiger partial charge in [0.25, 0.3) is 0 Å². The van der Waals surface area contributed by atoms with E-state index in [4.69, 9.17) is 11.6 Å². The van der Waals surface area contributed by atoms with Gasteiger partial charge in [-0.1, -0.05) is 47.2 Å². The molecule has 23 heavy (non-hydrogen) atoms. The summed E-state index contributed by atoms with van der Waals surface area (Å²) in [7, 11) is 0. The molecule has 0 saturated heterocycles. The molecule has 4 nitrogen and oxygen atoms in total. The maximum atomic E-state index is 12.3. The van der Waals surface area contributed by atoms with Gasteiger partial charge >= 0.3 is 6.03 Å². The summed E-state index contributed by atoms with van der Waals surface area (Å²) in [6.07, 6.45) is 1.76. The fraction of sp³-hybridized carbons (Fsp3) is 0.176. The van der Waals surface area contributed by atoms with E-state index in [1.807, 2.05) is 42.5 Å². The van der Waals surface area contributed by atoms with E-state index in [0.29, 0.717) is 5.13 Å². The quantitative estimate of drug-likeness (QED) is 0.705. The van der Waals surface area contributed by atoms with Crippen molar-refractivity contribution in [3.05, 3.63) is 58.6 Å². The van der Waals surface area contributed by atoms with Crippen LogP contribution in [-0.4, -0.2) is 11.0 Å². The lowest BCUT2D eigenvalue weighted by atomic mass is 10.1. The van der Waals surface area contributed by atoms with Crippen molar-refractivity contribution in [2.45, 2.75) is 18.9 Å². The summed E-state index contributed by atoms with van der Waals surface area (Å²) in [6, 6.07) is 13.4. The summed E-state index contributed by atoms with van der Waals surface area (Å²) >= 11 is 7.68. The van der Waals surface area contributed by atoms with E-state index in [-0.39, 0.29) is 12.1 Å². The highest BCUT2D eigenvalue weighted by atomic mass is 35.5. The molecule has 0 radical (unpaired) electrons. The minimum atomic E-state index is -0.234. The highest BCUT2D eigenvalue weighted by Crippen LogP contribution is 2.35. The van der Waals surface area contributed by atoms with E-state index in [1.54, 1.807) is 0 Å². The monoisotopic (exact) mass is 343 g/mol. The van der Waals surface area contributed by atoms with Gasteiger partial charge in [-0.2, -0.15) is 0 Å². The van der Waals surface area contributed by atoms with Gasteiger partial charge in [-0.25, -0.2) is 9.78 Å². The highest BCUT2D eigenvalue weighted by molar-refractivity contribution is 7.22. The van der Waals surface area contributed by atoms with Crippen LogP contribution in [0.4, 0.5) is 9.93 Å². The predicted octanol–water partition coefficient (Wildman–Crippen LogP) is 4.76. The Morgan fingerprint density at radius 2 is 2.09 bits per heavy atom.